The molecule has 10 aliphatic rings. The summed E-state index contributed by atoms with van der Waals surface area (Å²) in [5, 5.41) is 208. The first-order chi connectivity index (χ1) is 64.7. The number of carboxylic acids is 1. The monoisotopic (exact) mass is 1940 g/mol. The number of carbonyl (C=O) groups excluding carboxylic acids is 6. The van der Waals surface area contributed by atoms with Crippen LogP contribution in [-0.4, -0.2) is 302 Å². The number of nitrogens with two attached hydrogens (primary N) is 2. The Morgan fingerprint density at radius 1 is 0.500 bits per heavy atom. The molecule has 5 saturated heterocycles. The molecule has 0 aliphatic carbocycles. The van der Waals surface area contributed by atoms with Gasteiger partial charge in [0.1, 0.15) is 149 Å². The number of benzene rings is 7. The number of phenolic OH excluding ortho intramolecular Hbond substituents is 4. The van der Waals surface area contributed by atoms with Gasteiger partial charge in [-0.1, -0.05) is 59.6 Å². The first-order valence-electron chi connectivity index (χ1n) is 43.0. The summed E-state index contributed by atoms with van der Waals surface area (Å²) in [6.07, 6.45) is -39.0. The van der Waals surface area contributed by atoms with Crippen LogP contribution in [0.15, 0.2) is 121 Å². The molecule has 6 amide bonds. The molecule has 28 N–H and O–H groups in total. The van der Waals surface area contributed by atoms with Crippen LogP contribution in [0.2, 0.25) is 10.0 Å². The number of carboxylic acid groups (broad SMARTS) is 1. The van der Waals surface area contributed by atoms with Crippen LogP contribution in [0.4, 0.5) is 0 Å². The second-order valence-electron chi connectivity index (χ2n) is 34.0. The van der Waals surface area contributed by atoms with Gasteiger partial charge in [0.25, 0.3) is 0 Å². The molecule has 47 heteroatoms. The minimum atomic E-state index is -2.49. The largest absolute Gasteiger partial charge is 0.508 e. The fraction of sp³-hybridized carbons (Fsp3) is 0.449. The highest BCUT2D eigenvalue weighted by atomic mass is 35.5. The van der Waals surface area contributed by atoms with Gasteiger partial charge in [0.2, 0.25) is 60.1 Å². The smallest absolute Gasteiger partial charge is 0.330 e. The number of hydrogen-bond acceptors (Lipinski definition) is 38. The van der Waals surface area contributed by atoms with Crippen molar-refractivity contribution in [1.29, 1.82) is 0 Å². The lowest BCUT2D eigenvalue weighted by Gasteiger charge is -2.44. The SMILES string of the molecule is CN[C@H](C(=O)N[C@H]1C(=O)N[C@@H](c2ccc(O)c(Cl)c2)C(=O)N[C@H]2C(=O)N[C@H]3C(=O)N[C@@H](Cc4cc(Cl)c(cc4O[C@H]4C[C@@H](N)[C@@H](O)[C@H](C)O4)Oc4cc2cc(c4O[C@@H]2O[C@H](CO)[C@@H](O)[C@H](O)[C@H]2O[C@H]2C[C@@H](N)[C@@H](O)[C@H](C)O2)Oc2ccc(cc2)[C@H]1O[C@@H]1O[C@@H](CO)[C@H](O)[C@@H](O)[C@H]1O)C(=O)N[C@@H](C(=O)O)c1cc(O)cc(O)c1-c1cc3ccc1O)c1ccc(O[C@@H]2O[C@@H](C)[C@H](O)[C@@H](O)[C@H]2O)cc1. The maximum atomic E-state index is 16.8. The maximum absolute atomic E-state index is 16.8. The Kier molecular flexibility index (Phi) is 30.0. The van der Waals surface area contributed by atoms with Gasteiger partial charge in [-0.05, 0) is 134 Å². The number of rotatable bonds is 18. The Morgan fingerprint density at radius 3 is 1.68 bits per heavy atom. The lowest BCUT2D eigenvalue weighted by atomic mass is 9.89. The normalized spacial score (nSPS) is 33.4. The van der Waals surface area contributed by atoms with Crippen LogP contribution in [0.5, 0.6) is 63.2 Å². The number of fused-ring (bicyclic) bond motifs is 15. The molecule has 31 atom stereocenters. The van der Waals surface area contributed by atoms with Gasteiger partial charge in [-0.2, -0.15) is 0 Å². The van der Waals surface area contributed by atoms with E-state index in [2.05, 4.69) is 37.2 Å². The van der Waals surface area contributed by atoms with Crippen LogP contribution in [-0.2, 0) is 73.1 Å². The Balaban J connectivity index is 0.966. The molecule has 0 aromatic heterocycles. The molecule has 10 heterocycles. The lowest BCUT2D eigenvalue weighted by Crippen LogP contribution is -2.62. The molecule has 732 valence electrons. The van der Waals surface area contributed by atoms with E-state index in [-0.39, 0.29) is 57.9 Å². The van der Waals surface area contributed by atoms with Crippen molar-refractivity contribution in [2.24, 2.45) is 11.5 Å². The van der Waals surface area contributed by atoms with E-state index in [1.54, 1.807) is 0 Å². The molecule has 10 aliphatic heterocycles. The van der Waals surface area contributed by atoms with Crippen molar-refractivity contribution in [3.63, 3.8) is 0 Å². The maximum Gasteiger partial charge on any atom is 0.330 e. The zero-order chi connectivity index (χ0) is 97.8. The lowest BCUT2D eigenvalue weighted by molar-refractivity contribution is -0.330. The van der Waals surface area contributed by atoms with Crippen molar-refractivity contribution in [3.8, 4) is 74.4 Å². The number of likely N-dealkylation sites (N-methyl/N-ethyl adjacent to an activating group) is 1. The molecule has 11 bridgehead atoms. The molecule has 45 nitrogen and oxygen atoms in total. The predicted octanol–water partition coefficient (Wildman–Crippen LogP) is -2.01. The van der Waals surface area contributed by atoms with E-state index < -0.39 is 329 Å². The van der Waals surface area contributed by atoms with Crippen LogP contribution in [0, 0.1) is 0 Å². The summed E-state index contributed by atoms with van der Waals surface area (Å²) < 4.78 is 76.2. The average Bonchev–Trinajstić information content (AvgIpc) is 0.775. The number of aliphatic hydroxyl groups is 12. The van der Waals surface area contributed by atoms with E-state index >= 15 is 28.8 Å². The summed E-state index contributed by atoms with van der Waals surface area (Å²) in [5.74, 6) is -16.5. The number of halogens is 2. The van der Waals surface area contributed by atoms with E-state index in [1.165, 1.54) is 76.3 Å². The molecular formula is C89H101Cl2N9O36. The predicted molar refractivity (Wildman–Crippen MR) is 462 cm³/mol. The van der Waals surface area contributed by atoms with Crippen molar-refractivity contribution in [1.82, 2.24) is 37.2 Å². The van der Waals surface area contributed by atoms with E-state index in [1.807, 2.05) is 0 Å². The highest BCUT2D eigenvalue weighted by molar-refractivity contribution is 6.32. The number of aliphatic carboxylic acids is 1. The van der Waals surface area contributed by atoms with E-state index in [4.69, 9.17) is 91.5 Å². The number of aromatic hydroxyl groups is 4. The topological polar surface area (TPSA) is 710 Å². The number of carbonyl (C=O) groups is 7. The first-order valence-corrected chi connectivity index (χ1v) is 43.7. The summed E-state index contributed by atoms with van der Waals surface area (Å²) in [4.78, 5) is 111. The van der Waals surface area contributed by atoms with Crippen LogP contribution >= 0.6 is 23.2 Å². The first kappa shape index (κ1) is 99.2. The Morgan fingerprint density at radius 2 is 1.06 bits per heavy atom. The van der Waals surface area contributed by atoms with Crippen molar-refractivity contribution in [2.75, 3.05) is 20.3 Å². The zero-order valence-electron chi connectivity index (χ0n) is 72.3. The molecule has 0 saturated carbocycles. The number of phenols is 4. The molecule has 136 heavy (non-hydrogen) atoms. The third kappa shape index (κ3) is 20.7. The van der Waals surface area contributed by atoms with Gasteiger partial charge in [0.15, 0.2) is 36.2 Å². The third-order valence-corrected chi connectivity index (χ3v) is 25.3. The van der Waals surface area contributed by atoms with Gasteiger partial charge >= 0.3 is 5.97 Å². The summed E-state index contributed by atoms with van der Waals surface area (Å²) in [7, 11) is 1.33. The molecule has 17 rings (SSSR count). The van der Waals surface area contributed by atoms with E-state index in [0.717, 1.165) is 72.8 Å². The summed E-state index contributed by atoms with van der Waals surface area (Å²) in [5.41, 5.74) is 9.62. The van der Waals surface area contributed by atoms with Gasteiger partial charge < -0.3 is 192 Å². The third-order valence-electron chi connectivity index (χ3n) is 24.7. The molecule has 0 spiro atoms. The van der Waals surface area contributed by atoms with Crippen LogP contribution in [0.1, 0.15) is 109 Å². The summed E-state index contributed by atoms with van der Waals surface area (Å²) in [6, 6.07) is 4.74. The van der Waals surface area contributed by atoms with Gasteiger partial charge in [-0.25, -0.2) is 4.79 Å². The summed E-state index contributed by atoms with van der Waals surface area (Å²) >= 11 is 14.2. The number of aliphatic hydroxyl groups excluding tert-OH is 12. The second-order valence-corrected chi connectivity index (χ2v) is 34.8. The van der Waals surface area contributed by atoms with Gasteiger partial charge in [0, 0.05) is 60.2 Å². The fourth-order valence-corrected chi connectivity index (χ4v) is 17.6. The minimum Gasteiger partial charge on any atom is -0.508 e. The highest BCUT2D eigenvalue weighted by Gasteiger charge is 2.53. The van der Waals surface area contributed by atoms with Crippen LogP contribution in [0.25, 0.3) is 11.1 Å². The zero-order valence-corrected chi connectivity index (χ0v) is 73.8. The van der Waals surface area contributed by atoms with Crippen molar-refractivity contribution in [2.45, 2.75) is 230 Å². The number of amides is 6. The van der Waals surface area contributed by atoms with Gasteiger partial charge in [-0.15, -0.1) is 0 Å². The molecule has 0 radical (unpaired) electrons. The molecule has 7 aromatic carbocycles. The Bertz CT molecular complexity index is 5580. The number of ether oxygens (including phenoxy) is 12. The van der Waals surface area contributed by atoms with Gasteiger partial charge in [-0.3, -0.25) is 28.8 Å². The van der Waals surface area contributed by atoms with Crippen molar-refractivity contribution in [3.05, 3.63) is 170 Å². The van der Waals surface area contributed by atoms with E-state index in [9.17, 15) is 91.6 Å². The summed E-state index contributed by atoms with van der Waals surface area (Å²) in [6.45, 7) is 2.27. The molecular weight excluding hydrogens is 1840 g/mol. The Labute approximate surface area is 781 Å². The van der Waals surface area contributed by atoms with Crippen LogP contribution < -0.4 is 72.4 Å². The van der Waals surface area contributed by atoms with Gasteiger partial charge in [0.05, 0.1) is 53.8 Å². The highest BCUT2D eigenvalue weighted by Crippen LogP contribution is 2.51. The number of hydrogen-bond donors (Lipinski definition) is 26. The molecule has 5 fully saturated rings. The molecule has 0 unspecified atom stereocenters. The van der Waals surface area contributed by atoms with E-state index in [0.29, 0.717) is 0 Å². The minimum absolute atomic E-state index is 0.00571. The Hall–Kier alpha value is -11.3. The van der Waals surface area contributed by atoms with Crippen molar-refractivity contribution >= 4 is 64.6 Å². The quantitative estimate of drug-likeness (QED) is 0.0441. The standard InChI is InChI=1S/C89H101Cl2N9O36/c1-30-67(107)46(92)25-58(125-30)131-52-27-53-45(91)19-37(52)20-48-80(117)99-65(86(123)124)43-23-39(103)24-51(106)60(43)42-17-35(9-15-49(42)104)62(82(119)95-48)96-84(121)64-38-21-54(78(55(22-38)130-53)136-89-79(74(114)71(111)57(29-102)133-89)134-59-26-47(93)68(108)31(2)126-59)128-40-13-7-34(8-14-40)77(135-88-76(116)73(113)70(110)56(28-101)132-88)66(85(122)97-63(83(120)98-64)36-10-16-50(105)44(90)18-36)100-81(118)61(94-4)33-5-11-41(12-6-33)129-87-75(115)72(112)69(109)32(3)127-87/h5-19,21-24,27,30-32,46-48,56-59,61-77,79,87-89,94,101-116H,20,25-26,28-29,92-93H2,1-4H3,(H,95,119)(H,96,121)(H,97,122)(H,98,120)(H,99,117)(H,100,118)(H,123,124)/t30-,31-,32-,46+,47+,48-,56-,57+,58-,59-,61-,62+,63-,64+,65+,66+,67-,68-,69-,70-,71+,72+,73+,74-,75+,76+,77+,79+,87-,88-,89-/m0/s1. The molecule has 7 aromatic rings. The average molecular weight is 1940 g/mol. The van der Waals surface area contributed by atoms with Crippen molar-refractivity contribution < 1.29 is 177 Å². The number of nitrogens with one attached hydrogen (secondary N) is 7. The fourth-order valence-electron chi connectivity index (χ4n) is 17.2. The van der Waals surface area contributed by atoms with Crippen LogP contribution in [0.3, 0.4) is 0 Å². The second kappa shape index (κ2) is 41.2.